The molecule has 6 heteroatoms. The van der Waals surface area contributed by atoms with Crippen LogP contribution in [-0.2, 0) is 11.3 Å². The van der Waals surface area contributed by atoms with Crippen molar-refractivity contribution in [2.45, 2.75) is 20.5 Å². The summed E-state index contributed by atoms with van der Waals surface area (Å²) < 4.78 is 12.2. The number of hydrogen-bond acceptors (Lipinski definition) is 5. The summed E-state index contributed by atoms with van der Waals surface area (Å²) in [6, 6.07) is 13.7. The quantitative estimate of drug-likeness (QED) is 0.669. The van der Waals surface area contributed by atoms with E-state index in [1.807, 2.05) is 26.0 Å². The molecule has 0 amide bonds. The van der Waals surface area contributed by atoms with Crippen molar-refractivity contribution in [1.29, 1.82) is 0 Å². The fourth-order valence-corrected chi connectivity index (χ4v) is 2.57. The lowest BCUT2D eigenvalue weighted by Gasteiger charge is -2.10. The van der Waals surface area contributed by atoms with E-state index in [4.69, 9.17) is 9.47 Å². The van der Waals surface area contributed by atoms with Gasteiger partial charge in [-0.15, -0.1) is 0 Å². The number of ether oxygens (including phenoxy) is 2. The number of fused-ring (bicyclic) bond motifs is 1. The Labute approximate surface area is 144 Å². The number of para-hydroxylation sites is 1. The second kappa shape index (κ2) is 7.17. The molecule has 0 spiro atoms. The zero-order chi connectivity index (χ0) is 17.8. The number of aromatic nitrogens is 2. The molecule has 0 aliphatic rings. The number of benzene rings is 1. The molecule has 3 aromatic rings. The maximum Gasteiger partial charge on any atom is 0.342 e. The SMILES string of the molecule is CCOc1ccccc1C(=O)OCc1cc(=O)n2c(C)cccc2n1. The minimum Gasteiger partial charge on any atom is -0.493 e. The minimum atomic E-state index is -0.518. The molecule has 2 aromatic heterocycles. The molecule has 0 radical (unpaired) electrons. The Kier molecular flexibility index (Phi) is 4.79. The first kappa shape index (κ1) is 16.7. The molecular formula is C19H18N2O4. The number of aryl methyl sites for hydroxylation is 1. The van der Waals surface area contributed by atoms with Gasteiger partial charge in [0.15, 0.2) is 0 Å². The van der Waals surface area contributed by atoms with Gasteiger partial charge in [0.05, 0.1) is 12.3 Å². The fourth-order valence-electron chi connectivity index (χ4n) is 2.57. The van der Waals surface area contributed by atoms with Gasteiger partial charge in [-0.2, -0.15) is 0 Å². The predicted molar refractivity (Wildman–Crippen MR) is 92.9 cm³/mol. The summed E-state index contributed by atoms with van der Waals surface area (Å²) in [5.41, 5.74) is 1.86. The number of carbonyl (C=O) groups is 1. The van der Waals surface area contributed by atoms with Crippen LogP contribution in [0, 0.1) is 6.92 Å². The van der Waals surface area contributed by atoms with Gasteiger partial charge in [-0.3, -0.25) is 9.20 Å². The number of carbonyl (C=O) groups excluding carboxylic acids is 1. The van der Waals surface area contributed by atoms with Crippen molar-refractivity contribution in [3.05, 3.63) is 75.8 Å². The first-order valence-corrected chi connectivity index (χ1v) is 7.97. The normalized spacial score (nSPS) is 10.6. The second-order valence-corrected chi connectivity index (χ2v) is 5.45. The van der Waals surface area contributed by atoms with Crippen molar-refractivity contribution in [3.63, 3.8) is 0 Å². The molecule has 0 fully saturated rings. The van der Waals surface area contributed by atoms with Crippen molar-refractivity contribution < 1.29 is 14.3 Å². The van der Waals surface area contributed by atoms with Crippen molar-refractivity contribution >= 4 is 11.6 Å². The molecule has 25 heavy (non-hydrogen) atoms. The third-order valence-corrected chi connectivity index (χ3v) is 3.69. The number of pyridine rings is 1. The van der Waals surface area contributed by atoms with E-state index in [1.165, 1.54) is 10.5 Å². The van der Waals surface area contributed by atoms with E-state index >= 15 is 0 Å². The Balaban J connectivity index is 1.81. The molecule has 0 bridgehead atoms. The van der Waals surface area contributed by atoms with Crippen LogP contribution >= 0.6 is 0 Å². The van der Waals surface area contributed by atoms with Gasteiger partial charge in [0.2, 0.25) is 0 Å². The van der Waals surface area contributed by atoms with Gasteiger partial charge in [0.25, 0.3) is 5.56 Å². The predicted octanol–water partition coefficient (Wildman–Crippen LogP) is 2.76. The molecule has 0 atom stereocenters. The average Bonchev–Trinajstić information content (AvgIpc) is 2.60. The van der Waals surface area contributed by atoms with E-state index < -0.39 is 5.97 Å². The largest absolute Gasteiger partial charge is 0.493 e. The average molecular weight is 338 g/mol. The molecule has 0 aliphatic heterocycles. The molecule has 0 aliphatic carbocycles. The van der Waals surface area contributed by atoms with Crippen LogP contribution in [0.2, 0.25) is 0 Å². The van der Waals surface area contributed by atoms with Crippen LogP contribution in [0.15, 0.2) is 53.3 Å². The van der Waals surface area contributed by atoms with Crippen LogP contribution < -0.4 is 10.3 Å². The summed E-state index contributed by atoms with van der Waals surface area (Å²) in [6.07, 6.45) is 0. The number of rotatable bonds is 5. The van der Waals surface area contributed by atoms with E-state index in [9.17, 15) is 9.59 Å². The maximum atomic E-state index is 12.3. The van der Waals surface area contributed by atoms with Gasteiger partial charge in [-0.25, -0.2) is 9.78 Å². The topological polar surface area (TPSA) is 69.9 Å². The molecule has 128 valence electrons. The first-order valence-electron chi connectivity index (χ1n) is 7.97. The number of esters is 1. The van der Waals surface area contributed by atoms with Crippen LogP contribution in [0.4, 0.5) is 0 Å². The molecule has 2 heterocycles. The standard InChI is InChI=1S/C19H18N2O4/c1-3-24-16-9-5-4-8-15(16)19(23)25-12-14-11-18(22)21-13(2)7-6-10-17(21)20-14/h4-11H,3,12H2,1-2H3. The van der Waals surface area contributed by atoms with E-state index in [0.717, 1.165) is 5.69 Å². The zero-order valence-electron chi connectivity index (χ0n) is 14.1. The van der Waals surface area contributed by atoms with Crippen molar-refractivity contribution in [2.24, 2.45) is 0 Å². The van der Waals surface area contributed by atoms with Crippen LogP contribution in [-0.4, -0.2) is 22.0 Å². The van der Waals surface area contributed by atoms with Gasteiger partial charge < -0.3 is 9.47 Å². The van der Waals surface area contributed by atoms with Gasteiger partial charge in [0.1, 0.15) is 23.6 Å². The lowest BCUT2D eigenvalue weighted by atomic mass is 10.2. The molecule has 0 saturated heterocycles. The summed E-state index contributed by atoms with van der Waals surface area (Å²) in [5, 5.41) is 0. The maximum absolute atomic E-state index is 12.3. The third kappa shape index (κ3) is 3.52. The Hall–Kier alpha value is -3.15. The number of nitrogens with zero attached hydrogens (tertiary/aromatic N) is 2. The Bertz CT molecular complexity index is 979. The molecule has 0 unspecified atom stereocenters. The highest BCUT2D eigenvalue weighted by molar-refractivity contribution is 5.92. The minimum absolute atomic E-state index is 0.0844. The molecule has 1 aromatic carbocycles. The van der Waals surface area contributed by atoms with Crippen LogP contribution in [0.5, 0.6) is 5.75 Å². The van der Waals surface area contributed by atoms with E-state index in [2.05, 4.69) is 4.98 Å². The summed E-state index contributed by atoms with van der Waals surface area (Å²) in [6.45, 7) is 4.04. The number of hydrogen-bond donors (Lipinski definition) is 0. The fraction of sp³-hybridized carbons (Fsp3) is 0.211. The highest BCUT2D eigenvalue weighted by Gasteiger charge is 2.14. The summed E-state index contributed by atoms with van der Waals surface area (Å²) >= 11 is 0. The molecule has 0 N–H and O–H groups in total. The lowest BCUT2D eigenvalue weighted by molar-refractivity contribution is 0.0463. The van der Waals surface area contributed by atoms with Gasteiger partial charge in [-0.1, -0.05) is 18.2 Å². The Morgan fingerprint density at radius 1 is 1.16 bits per heavy atom. The Morgan fingerprint density at radius 2 is 1.96 bits per heavy atom. The van der Waals surface area contributed by atoms with Gasteiger partial charge in [-0.05, 0) is 38.1 Å². The van der Waals surface area contributed by atoms with Gasteiger partial charge >= 0.3 is 5.97 Å². The summed E-state index contributed by atoms with van der Waals surface area (Å²) in [4.78, 5) is 28.9. The molecule has 3 rings (SSSR count). The van der Waals surface area contributed by atoms with E-state index in [0.29, 0.717) is 29.3 Å². The van der Waals surface area contributed by atoms with Crippen LogP contribution in [0.1, 0.15) is 28.7 Å². The summed E-state index contributed by atoms with van der Waals surface area (Å²) in [5.74, 6) is -0.0487. The van der Waals surface area contributed by atoms with Crippen molar-refractivity contribution in [1.82, 2.24) is 9.38 Å². The first-order chi connectivity index (χ1) is 12.1. The molecule has 0 saturated carbocycles. The smallest absolute Gasteiger partial charge is 0.342 e. The monoisotopic (exact) mass is 338 g/mol. The van der Waals surface area contributed by atoms with E-state index in [-0.39, 0.29) is 12.2 Å². The highest BCUT2D eigenvalue weighted by Crippen LogP contribution is 2.19. The van der Waals surface area contributed by atoms with Crippen molar-refractivity contribution in [3.8, 4) is 5.75 Å². The van der Waals surface area contributed by atoms with Crippen molar-refractivity contribution in [2.75, 3.05) is 6.61 Å². The zero-order valence-corrected chi connectivity index (χ0v) is 14.1. The highest BCUT2D eigenvalue weighted by atomic mass is 16.5. The van der Waals surface area contributed by atoms with Crippen LogP contribution in [0.25, 0.3) is 5.65 Å². The lowest BCUT2D eigenvalue weighted by Crippen LogP contribution is -2.18. The van der Waals surface area contributed by atoms with E-state index in [1.54, 1.807) is 30.3 Å². The van der Waals surface area contributed by atoms with Gasteiger partial charge in [0, 0.05) is 11.8 Å². The molecular weight excluding hydrogens is 320 g/mol. The third-order valence-electron chi connectivity index (χ3n) is 3.69. The second-order valence-electron chi connectivity index (χ2n) is 5.45. The Morgan fingerprint density at radius 3 is 2.76 bits per heavy atom. The van der Waals surface area contributed by atoms with Crippen LogP contribution in [0.3, 0.4) is 0 Å². The molecule has 6 nitrogen and oxygen atoms in total. The summed E-state index contributed by atoms with van der Waals surface area (Å²) in [7, 11) is 0.